The molecule has 3 aromatic carbocycles. The van der Waals surface area contributed by atoms with Crippen LogP contribution in [-0.4, -0.2) is 89.5 Å². The van der Waals surface area contributed by atoms with Crippen LogP contribution in [0.4, 0.5) is 11.4 Å². The molecule has 5 aliphatic rings. The first-order valence-corrected chi connectivity index (χ1v) is 19.7. The number of benzene rings is 3. The molecular weight excluding hydrogens is 677 g/mol. The molecule has 1 aliphatic carbocycles. The fourth-order valence-corrected chi connectivity index (χ4v) is 9.71. The number of hydrogen-bond donors (Lipinski definition) is 2. The average Bonchev–Trinajstić information content (AvgIpc) is 3.53. The highest BCUT2D eigenvalue weighted by atomic mass is 16.3. The van der Waals surface area contributed by atoms with Crippen molar-refractivity contribution in [3.05, 3.63) is 119 Å². The molecule has 2 N–H and O–H groups in total. The minimum atomic E-state index is -0.587. The third-order valence-electron chi connectivity index (χ3n) is 12.6. The lowest BCUT2D eigenvalue weighted by Crippen LogP contribution is -2.52. The van der Waals surface area contributed by atoms with Gasteiger partial charge in [0.05, 0.1) is 0 Å². The zero-order valence-corrected chi connectivity index (χ0v) is 30.7. The molecule has 10 heteroatoms. The Morgan fingerprint density at radius 3 is 2.28 bits per heavy atom. The van der Waals surface area contributed by atoms with E-state index < -0.39 is 6.04 Å². The lowest BCUT2D eigenvalue weighted by atomic mass is 9.70. The summed E-state index contributed by atoms with van der Waals surface area (Å²) in [4.78, 5) is 51.2. The van der Waals surface area contributed by atoms with Crippen molar-refractivity contribution in [3.8, 4) is 5.75 Å². The summed E-state index contributed by atoms with van der Waals surface area (Å²) in [6, 6.07) is 26.8. The fraction of sp³-hybridized carbons (Fsp3) is 0.409. The highest BCUT2D eigenvalue weighted by Crippen LogP contribution is 2.46. The first-order valence-electron chi connectivity index (χ1n) is 19.7. The van der Waals surface area contributed by atoms with Gasteiger partial charge in [-0.05, 0) is 115 Å². The van der Waals surface area contributed by atoms with Crippen molar-refractivity contribution in [2.45, 2.75) is 62.9 Å². The predicted octanol–water partition coefficient (Wildman–Crippen LogP) is 5.45. The number of hydrogen-bond acceptors (Lipinski definition) is 8. The molecule has 0 unspecified atom stereocenters. The maximum Gasteiger partial charge on any atom is 0.255 e. The number of rotatable bonds is 7. The Balaban J connectivity index is 0.780. The van der Waals surface area contributed by atoms with E-state index in [-0.39, 0.29) is 30.1 Å². The standard InChI is InChI=1S/C44H48N6O4/c51-35-10-13-36-31(26-35)6-11-38(39-3-1-2-18-45-39)42(36)30-4-7-33(8-5-30)48-19-16-29(17-20-48)27-47-21-23-49(24-22-47)34-9-12-37-32(25-34)28-50(44(37)54)40-14-15-41(52)46-43(40)53/h1-5,7-10,12-13,18,25-26,29,38,40,42,51H,6,11,14-17,19-24,27-28H2,(H,46,52,53)/t38-,40-,42-/m0/s1. The number of carbonyl (C=O) groups excluding carboxylic acids is 3. The normalized spacial score (nSPS) is 23.7. The number of aromatic hydroxyl groups is 1. The molecule has 5 heterocycles. The van der Waals surface area contributed by atoms with Gasteiger partial charge in [0.1, 0.15) is 11.8 Å². The minimum absolute atomic E-state index is 0.123. The third-order valence-corrected chi connectivity index (χ3v) is 12.6. The van der Waals surface area contributed by atoms with E-state index in [2.05, 4.69) is 68.5 Å². The predicted molar refractivity (Wildman–Crippen MR) is 208 cm³/mol. The Kier molecular flexibility index (Phi) is 9.31. The molecular formula is C44H48N6O4. The van der Waals surface area contributed by atoms with Gasteiger partial charge < -0.3 is 19.8 Å². The lowest BCUT2D eigenvalue weighted by molar-refractivity contribution is -0.136. The molecule has 9 rings (SSSR count). The van der Waals surface area contributed by atoms with Gasteiger partial charge in [0, 0.05) is 99.4 Å². The maximum atomic E-state index is 13.1. The smallest absolute Gasteiger partial charge is 0.255 e. The number of imide groups is 1. The molecule has 10 nitrogen and oxygen atoms in total. The van der Waals surface area contributed by atoms with E-state index in [0.717, 1.165) is 75.6 Å². The number of phenols is 1. The molecule has 3 saturated heterocycles. The molecule has 0 radical (unpaired) electrons. The molecule has 4 aromatic rings. The Hall–Kier alpha value is -5.22. The second-order valence-corrected chi connectivity index (χ2v) is 15.8. The Labute approximate surface area is 316 Å². The van der Waals surface area contributed by atoms with Crippen LogP contribution in [0.5, 0.6) is 5.75 Å². The van der Waals surface area contributed by atoms with Crippen molar-refractivity contribution in [2.24, 2.45) is 5.92 Å². The van der Waals surface area contributed by atoms with Crippen LogP contribution >= 0.6 is 0 Å². The number of aromatic nitrogens is 1. The van der Waals surface area contributed by atoms with Gasteiger partial charge in [0.2, 0.25) is 11.8 Å². The van der Waals surface area contributed by atoms with Crippen LogP contribution in [0.1, 0.15) is 82.2 Å². The van der Waals surface area contributed by atoms with Crippen LogP contribution in [0.15, 0.2) is 85.1 Å². The molecule has 1 aromatic heterocycles. The monoisotopic (exact) mass is 724 g/mol. The van der Waals surface area contributed by atoms with Crippen LogP contribution in [0.25, 0.3) is 0 Å². The Morgan fingerprint density at radius 1 is 0.741 bits per heavy atom. The van der Waals surface area contributed by atoms with Gasteiger partial charge in [0.15, 0.2) is 0 Å². The SMILES string of the molecule is O=C1CC[C@H](N2Cc3cc(N4CCN(CC5CCN(c6ccc([C@H]7c8ccc(O)cc8CC[C@H]7c7ccccn7)cc6)CC5)CC4)ccc3C2=O)C(=O)N1. The summed E-state index contributed by atoms with van der Waals surface area (Å²) in [6.45, 7) is 7.60. The number of piperidine rings is 2. The zero-order valence-electron chi connectivity index (χ0n) is 30.7. The van der Waals surface area contributed by atoms with Crippen molar-refractivity contribution in [1.82, 2.24) is 20.1 Å². The van der Waals surface area contributed by atoms with E-state index in [1.807, 2.05) is 36.5 Å². The minimum Gasteiger partial charge on any atom is -0.508 e. The second kappa shape index (κ2) is 14.5. The number of anilines is 2. The van der Waals surface area contributed by atoms with E-state index in [1.165, 1.54) is 35.2 Å². The lowest BCUT2D eigenvalue weighted by Gasteiger charge is -2.40. The fourth-order valence-electron chi connectivity index (χ4n) is 9.71. The number of phenolic OH excluding ortho intramolecular Hbond substituents is 1. The van der Waals surface area contributed by atoms with Crippen molar-refractivity contribution in [1.29, 1.82) is 0 Å². The first kappa shape index (κ1) is 34.5. The number of pyridine rings is 1. The van der Waals surface area contributed by atoms with Crippen LogP contribution in [-0.2, 0) is 22.6 Å². The summed E-state index contributed by atoms with van der Waals surface area (Å²) < 4.78 is 0. The molecule has 3 atom stereocenters. The topological polar surface area (TPSA) is 109 Å². The Bertz CT molecular complexity index is 2040. The molecule has 0 bridgehead atoms. The second-order valence-electron chi connectivity index (χ2n) is 15.8. The number of nitrogens with zero attached hydrogens (tertiary/aromatic N) is 5. The van der Waals surface area contributed by atoms with E-state index in [0.29, 0.717) is 36.1 Å². The summed E-state index contributed by atoms with van der Waals surface area (Å²) in [5.41, 5.74) is 9.01. The summed E-state index contributed by atoms with van der Waals surface area (Å²) in [5, 5.41) is 12.6. The summed E-state index contributed by atoms with van der Waals surface area (Å²) >= 11 is 0. The molecule has 0 saturated carbocycles. The van der Waals surface area contributed by atoms with Crippen LogP contribution < -0.4 is 15.1 Å². The van der Waals surface area contributed by atoms with Gasteiger partial charge in [-0.1, -0.05) is 24.3 Å². The van der Waals surface area contributed by atoms with Crippen molar-refractivity contribution >= 4 is 29.1 Å². The quantitative estimate of drug-likeness (QED) is 0.243. The summed E-state index contributed by atoms with van der Waals surface area (Å²) in [5.74, 6) is 0.754. The number of amides is 3. The van der Waals surface area contributed by atoms with E-state index in [9.17, 15) is 19.5 Å². The average molecular weight is 725 g/mol. The van der Waals surface area contributed by atoms with Gasteiger partial charge in [-0.15, -0.1) is 0 Å². The summed E-state index contributed by atoms with van der Waals surface area (Å²) in [7, 11) is 0. The van der Waals surface area contributed by atoms with Gasteiger partial charge >= 0.3 is 0 Å². The van der Waals surface area contributed by atoms with Crippen molar-refractivity contribution in [2.75, 3.05) is 55.6 Å². The Morgan fingerprint density at radius 2 is 1.52 bits per heavy atom. The van der Waals surface area contributed by atoms with Gasteiger partial charge in [-0.2, -0.15) is 0 Å². The van der Waals surface area contributed by atoms with E-state index in [1.54, 1.807) is 4.90 Å². The number of fused-ring (bicyclic) bond motifs is 2. The summed E-state index contributed by atoms with van der Waals surface area (Å²) in [6.07, 6.45) is 6.86. The van der Waals surface area contributed by atoms with Gasteiger partial charge in [-0.25, -0.2) is 0 Å². The number of piperazine rings is 1. The largest absolute Gasteiger partial charge is 0.508 e. The van der Waals surface area contributed by atoms with Crippen LogP contribution in [0.3, 0.4) is 0 Å². The van der Waals surface area contributed by atoms with Crippen molar-refractivity contribution < 1.29 is 19.5 Å². The molecule has 3 amide bonds. The highest BCUT2D eigenvalue weighted by Gasteiger charge is 2.39. The van der Waals surface area contributed by atoms with E-state index >= 15 is 0 Å². The molecule has 4 aliphatic heterocycles. The molecule has 3 fully saturated rings. The number of nitrogens with one attached hydrogen (secondary N) is 1. The highest BCUT2D eigenvalue weighted by molar-refractivity contribution is 6.05. The van der Waals surface area contributed by atoms with Gasteiger partial charge in [0.25, 0.3) is 5.91 Å². The van der Waals surface area contributed by atoms with Gasteiger partial charge in [-0.3, -0.25) is 29.6 Å². The van der Waals surface area contributed by atoms with Crippen LogP contribution in [0.2, 0.25) is 0 Å². The van der Waals surface area contributed by atoms with Crippen LogP contribution in [0, 0.1) is 5.92 Å². The molecule has 278 valence electrons. The zero-order chi connectivity index (χ0) is 36.8. The first-order chi connectivity index (χ1) is 26.4. The molecule has 0 spiro atoms. The number of aryl methyl sites for hydroxylation is 1. The molecule has 54 heavy (non-hydrogen) atoms. The van der Waals surface area contributed by atoms with E-state index in [4.69, 9.17) is 4.98 Å². The number of carbonyl (C=O) groups is 3. The third kappa shape index (κ3) is 6.72. The van der Waals surface area contributed by atoms with Crippen molar-refractivity contribution in [3.63, 3.8) is 0 Å². The maximum absolute atomic E-state index is 13.1.